The minimum atomic E-state index is -0.182. The van der Waals surface area contributed by atoms with E-state index in [4.69, 9.17) is 0 Å². The molecule has 1 aromatic rings. The van der Waals surface area contributed by atoms with E-state index in [0.717, 1.165) is 33.4 Å². The van der Waals surface area contributed by atoms with Gasteiger partial charge in [0.25, 0.3) is 0 Å². The molecule has 20 heavy (non-hydrogen) atoms. The smallest absolute Gasteiger partial charge is 0.237 e. The van der Waals surface area contributed by atoms with Crippen molar-refractivity contribution in [2.45, 2.75) is 25.3 Å². The summed E-state index contributed by atoms with van der Waals surface area (Å²) in [6.45, 7) is 1.09. The summed E-state index contributed by atoms with van der Waals surface area (Å²) in [5.41, 5.74) is 0.683. The number of halogens is 2. The Balaban J connectivity index is 2.08. The molecule has 1 aliphatic rings. The van der Waals surface area contributed by atoms with E-state index in [1.54, 1.807) is 7.05 Å². The van der Waals surface area contributed by atoms with E-state index in [1.807, 2.05) is 11.0 Å². The van der Waals surface area contributed by atoms with E-state index < -0.39 is 0 Å². The second kappa shape index (κ2) is 7.15. The lowest BCUT2D eigenvalue weighted by Crippen LogP contribution is -2.50. The summed E-state index contributed by atoms with van der Waals surface area (Å²) < 4.78 is 1.76. The van der Waals surface area contributed by atoms with Crippen LogP contribution in [0.1, 0.15) is 29.6 Å². The van der Waals surface area contributed by atoms with E-state index in [1.165, 1.54) is 11.3 Å². The van der Waals surface area contributed by atoms with Gasteiger partial charge in [0.15, 0.2) is 5.78 Å². The Morgan fingerprint density at radius 1 is 1.45 bits per heavy atom. The highest BCUT2D eigenvalue weighted by molar-refractivity contribution is 9.12. The molecule has 0 aliphatic carbocycles. The predicted octanol–water partition coefficient (Wildman–Crippen LogP) is 3.06. The van der Waals surface area contributed by atoms with Crippen LogP contribution in [0.4, 0.5) is 0 Å². The van der Waals surface area contributed by atoms with Crippen molar-refractivity contribution in [3.05, 3.63) is 19.2 Å². The third-order valence-corrected chi connectivity index (χ3v) is 5.81. The first kappa shape index (κ1) is 16.1. The molecule has 2 heterocycles. The number of ketones is 1. The van der Waals surface area contributed by atoms with Crippen LogP contribution >= 0.6 is 43.2 Å². The van der Waals surface area contributed by atoms with Crippen molar-refractivity contribution < 1.29 is 9.59 Å². The number of likely N-dealkylation sites (N-methyl/N-ethyl adjacent to an activating group) is 1. The van der Waals surface area contributed by atoms with E-state index in [2.05, 4.69) is 37.2 Å². The average Bonchev–Trinajstić information content (AvgIpc) is 2.77. The van der Waals surface area contributed by atoms with Gasteiger partial charge in [-0.2, -0.15) is 0 Å². The average molecular weight is 424 g/mol. The maximum absolute atomic E-state index is 12.4. The van der Waals surface area contributed by atoms with Crippen LogP contribution in [0.5, 0.6) is 0 Å². The van der Waals surface area contributed by atoms with Gasteiger partial charge in [-0.15, -0.1) is 11.3 Å². The lowest BCUT2D eigenvalue weighted by atomic mass is 10.0. The third kappa shape index (κ3) is 3.69. The number of rotatable bonds is 4. The molecule has 1 amide bonds. The molecule has 1 N–H and O–H groups in total. The largest absolute Gasteiger partial charge is 0.358 e. The Hall–Kier alpha value is -0.240. The van der Waals surface area contributed by atoms with Crippen LogP contribution in [-0.2, 0) is 4.79 Å². The van der Waals surface area contributed by atoms with Crippen LogP contribution in [0.25, 0.3) is 0 Å². The number of Topliss-reactive ketones (excluding diaryl/α,β-unsaturated/α-hetero) is 1. The number of carbonyl (C=O) groups excluding carboxylic acids is 2. The monoisotopic (exact) mass is 422 g/mol. The fourth-order valence-electron chi connectivity index (χ4n) is 2.44. The SMILES string of the molecule is CNC(=O)C1CCCCN1CC(=O)c1cc(Br)sc1Br. The minimum absolute atomic E-state index is 0.00284. The number of hydrogen-bond donors (Lipinski definition) is 1. The highest BCUT2D eigenvalue weighted by Gasteiger charge is 2.30. The lowest BCUT2D eigenvalue weighted by molar-refractivity contribution is -0.126. The van der Waals surface area contributed by atoms with Crippen molar-refractivity contribution in [2.75, 3.05) is 20.1 Å². The summed E-state index contributed by atoms with van der Waals surface area (Å²) in [6.07, 6.45) is 2.90. The molecule has 1 aromatic heterocycles. The molecule has 1 aliphatic heterocycles. The van der Waals surface area contributed by atoms with E-state index in [0.29, 0.717) is 12.1 Å². The maximum atomic E-state index is 12.4. The number of nitrogens with zero attached hydrogens (tertiary/aromatic N) is 1. The molecule has 1 atom stereocenters. The minimum Gasteiger partial charge on any atom is -0.358 e. The molecule has 7 heteroatoms. The second-order valence-electron chi connectivity index (χ2n) is 4.76. The fraction of sp³-hybridized carbons (Fsp3) is 0.538. The van der Waals surface area contributed by atoms with Crippen LogP contribution in [0.3, 0.4) is 0 Å². The number of likely N-dealkylation sites (tertiary alicyclic amines) is 1. The Labute approximate surface area is 139 Å². The van der Waals surface area contributed by atoms with Crippen molar-refractivity contribution in [3.63, 3.8) is 0 Å². The van der Waals surface area contributed by atoms with E-state index in [9.17, 15) is 9.59 Å². The highest BCUT2D eigenvalue weighted by atomic mass is 79.9. The van der Waals surface area contributed by atoms with Gasteiger partial charge < -0.3 is 5.32 Å². The first-order valence-corrected chi connectivity index (χ1v) is 8.87. The first-order valence-electron chi connectivity index (χ1n) is 6.46. The topological polar surface area (TPSA) is 49.4 Å². The summed E-state index contributed by atoms with van der Waals surface area (Å²) >= 11 is 8.28. The summed E-state index contributed by atoms with van der Waals surface area (Å²) in [5.74, 6) is 0.0534. The number of amides is 1. The summed E-state index contributed by atoms with van der Waals surface area (Å²) in [4.78, 5) is 26.3. The zero-order valence-corrected chi connectivity index (χ0v) is 15.1. The van der Waals surface area contributed by atoms with Crippen LogP contribution in [0.15, 0.2) is 13.6 Å². The van der Waals surface area contributed by atoms with Crippen molar-refractivity contribution in [1.82, 2.24) is 10.2 Å². The van der Waals surface area contributed by atoms with Crippen LogP contribution < -0.4 is 5.32 Å². The Kier molecular flexibility index (Phi) is 5.77. The molecule has 0 radical (unpaired) electrons. The van der Waals surface area contributed by atoms with Gasteiger partial charge in [0.05, 0.1) is 20.2 Å². The molecule has 1 saturated heterocycles. The van der Waals surface area contributed by atoms with Gasteiger partial charge >= 0.3 is 0 Å². The highest BCUT2D eigenvalue weighted by Crippen LogP contribution is 2.32. The molecule has 1 fully saturated rings. The van der Waals surface area contributed by atoms with Crippen LogP contribution in [-0.4, -0.2) is 42.8 Å². The Morgan fingerprint density at radius 3 is 2.80 bits per heavy atom. The molecule has 2 rings (SSSR count). The van der Waals surface area contributed by atoms with Gasteiger partial charge in [-0.1, -0.05) is 6.42 Å². The summed E-state index contributed by atoms with van der Waals surface area (Å²) in [7, 11) is 1.64. The van der Waals surface area contributed by atoms with Crippen LogP contribution in [0, 0.1) is 0 Å². The third-order valence-electron chi connectivity index (χ3n) is 3.47. The molecule has 0 bridgehead atoms. The number of thiophene rings is 1. The van der Waals surface area contributed by atoms with Crippen molar-refractivity contribution in [2.24, 2.45) is 0 Å². The van der Waals surface area contributed by atoms with Gasteiger partial charge in [-0.05, 0) is 57.3 Å². The van der Waals surface area contributed by atoms with E-state index in [-0.39, 0.29) is 17.7 Å². The van der Waals surface area contributed by atoms with Gasteiger partial charge in [-0.3, -0.25) is 14.5 Å². The zero-order valence-electron chi connectivity index (χ0n) is 11.1. The van der Waals surface area contributed by atoms with Gasteiger partial charge in [0, 0.05) is 12.6 Å². The molecular weight excluding hydrogens is 408 g/mol. The summed E-state index contributed by atoms with van der Waals surface area (Å²) in [6, 6.07) is 1.65. The van der Waals surface area contributed by atoms with Gasteiger partial charge in [0.1, 0.15) is 0 Å². The number of hydrogen-bond acceptors (Lipinski definition) is 4. The zero-order chi connectivity index (χ0) is 14.7. The van der Waals surface area contributed by atoms with Crippen molar-refractivity contribution in [3.8, 4) is 0 Å². The van der Waals surface area contributed by atoms with Crippen molar-refractivity contribution >= 4 is 54.9 Å². The molecule has 0 saturated carbocycles. The number of carbonyl (C=O) groups is 2. The van der Waals surface area contributed by atoms with Gasteiger partial charge in [-0.25, -0.2) is 0 Å². The lowest BCUT2D eigenvalue weighted by Gasteiger charge is -2.33. The normalized spacial score (nSPS) is 19.9. The maximum Gasteiger partial charge on any atom is 0.237 e. The quantitative estimate of drug-likeness (QED) is 0.757. The first-order chi connectivity index (χ1) is 9.52. The van der Waals surface area contributed by atoms with Crippen molar-refractivity contribution in [1.29, 1.82) is 0 Å². The molecule has 0 aromatic carbocycles. The fourth-order valence-corrected chi connectivity index (χ4v) is 5.30. The molecular formula is C13H16Br2N2O2S. The predicted molar refractivity (Wildman–Crippen MR) is 87.3 cm³/mol. The van der Waals surface area contributed by atoms with Crippen LogP contribution in [0.2, 0.25) is 0 Å². The standard InChI is InChI=1S/C13H16Br2N2O2S/c1-16-13(19)9-4-2-3-5-17(9)7-10(18)8-6-11(14)20-12(8)15/h6,9H,2-5,7H2,1H3,(H,16,19). The molecule has 0 spiro atoms. The summed E-state index contributed by atoms with van der Waals surface area (Å²) in [5, 5.41) is 2.69. The molecule has 1 unspecified atom stereocenters. The Bertz CT molecular complexity index is 518. The van der Waals surface area contributed by atoms with Gasteiger partial charge in [0.2, 0.25) is 5.91 Å². The van der Waals surface area contributed by atoms with E-state index >= 15 is 0 Å². The molecule has 110 valence electrons. The number of piperidine rings is 1. The number of nitrogens with one attached hydrogen (secondary N) is 1. The Morgan fingerprint density at radius 2 is 2.20 bits per heavy atom. The second-order valence-corrected chi connectivity index (χ2v) is 8.51. The molecule has 4 nitrogen and oxygen atoms in total.